The van der Waals surface area contributed by atoms with E-state index >= 15 is 0 Å². The minimum Gasteiger partial charge on any atom is -0.483 e. The fourth-order valence-corrected chi connectivity index (χ4v) is 2.88. The third-order valence-electron chi connectivity index (χ3n) is 3.12. The van der Waals surface area contributed by atoms with Crippen molar-refractivity contribution in [2.75, 3.05) is 18.9 Å². The highest BCUT2D eigenvalue weighted by molar-refractivity contribution is 7.99. The Morgan fingerprint density at radius 3 is 2.50 bits per heavy atom. The number of para-hydroxylation sites is 1. The van der Waals surface area contributed by atoms with Gasteiger partial charge in [0.05, 0.1) is 5.56 Å². The second-order valence-corrected chi connectivity index (χ2v) is 6.19. The lowest BCUT2D eigenvalue weighted by molar-refractivity contribution is -0.119. The van der Waals surface area contributed by atoms with Crippen molar-refractivity contribution in [2.24, 2.45) is 5.73 Å². The van der Waals surface area contributed by atoms with Crippen molar-refractivity contribution in [1.82, 2.24) is 5.32 Å². The van der Waals surface area contributed by atoms with Gasteiger partial charge in [0, 0.05) is 11.4 Å². The number of primary amides is 1. The predicted molar refractivity (Wildman–Crippen MR) is 95.2 cm³/mol. The van der Waals surface area contributed by atoms with Gasteiger partial charge in [0.2, 0.25) is 0 Å². The van der Waals surface area contributed by atoms with E-state index in [4.69, 9.17) is 10.5 Å². The molecule has 6 heteroatoms. The highest BCUT2D eigenvalue weighted by Crippen LogP contribution is 2.19. The maximum atomic E-state index is 12.2. The molecule has 0 aromatic heterocycles. The number of nitrogens with two attached hydrogens (primary N) is 1. The van der Waals surface area contributed by atoms with E-state index in [1.807, 2.05) is 18.2 Å². The molecule has 0 saturated heterocycles. The number of hydrogen-bond donors (Lipinski definition) is 2. The summed E-state index contributed by atoms with van der Waals surface area (Å²) >= 11 is 1.76. The molecule has 2 amide bonds. The fourth-order valence-electron chi connectivity index (χ4n) is 2.01. The summed E-state index contributed by atoms with van der Waals surface area (Å²) < 4.78 is 5.27. The Balaban J connectivity index is 1.77. The minimum atomic E-state index is -0.580. The fraction of sp³-hybridized carbons (Fsp3) is 0.222. The summed E-state index contributed by atoms with van der Waals surface area (Å²) in [6, 6.07) is 16.9. The zero-order valence-corrected chi connectivity index (χ0v) is 14.1. The number of thioether (sulfide) groups is 1. The standard InChI is InChI=1S/C18H20N2O3S/c19-17(21)13-23-16-10-5-4-9-15(16)18(22)20-11-6-12-24-14-7-2-1-3-8-14/h1-5,7-10H,6,11-13H2,(H2,19,21)(H,20,22). The molecule has 2 aromatic carbocycles. The summed E-state index contributed by atoms with van der Waals surface area (Å²) in [5.74, 6) is 0.472. The van der Waals surface area contributed by atoms with Crippen molar-refractivity contribution in [1.29, 1.82) is 0 Å². The van der Waals surface area contributed by atoms with Gasteiger partial charge >= 0.3 is 0 Å². The first-order valence-electron chi connectivity index (χ1n) is 7.63. The van der Waals surface area contributed by atoms with Crippen molar-refractivity contribution in [2.45, 2.75) is 11.3 Å². The number of carbonyl (C=O) groups is 2. The van der Waals surface area contributed by atoms with Crippen LogP contribution >= 0.6 is 11.8 Å². The summed E-state index contributed by atoms with van der Waals surface area (Å²) in [6.45, 7) is 0.320. The van der Waals surface area contributed by atoms with Crippen LogP contribution in [-0.2, 0) is 4.79 Å². The average Bonchev–Trinajstić information content (AvgIpc) is 2.60. The molecule has 0 aliphatic heterocycles. The van der Waals surface area contributed by atoms with Gasteiger partial charge in [0.15, 0.2) is 6.61 Å². The van der Waals surface area contributed by atoms with E-state index in [1.54, 1.807) is 36.0 Å². The highest BCUT2D eigenvalue weighted by Gasteiger charge is 2.12. The zero-order chi connectivity index (χ0) is 17.2. The van der Waals surface area contributed by atoms with Gasteiger partial charge in [-0.25, -0.2) is 0 Å². The van der Waals surface area contributed by atoms with E-state index in [0.29, 0.717) is 17.9 Å². The Bertz CT molecular complexity index is 677. The van der Waals surface area contributed by atoms with Crippen LogP contribution in [0.2, 0.25) is 0 Å². The molecule has 24 heavy (non-hydrogen) atoms. The molecule has 0 spiro atoms. The van der Waals surface area contributed by atoms with Crippen molar-refractivity contribution in [3.05, 3.63) is 60.2 Å². The Hall–Kier alpha value is -2.47. The molecular formula is C18H20N2O3S. The molecule has 5 nitrogen and oxygen atoms in total. The third kappa shape index (κ3) is 5.96. The van der Waals surface area contributed by atoms with E-state index < -0.39 is 5.91 Å². The van der Waals surface area contributed by atoms with Crippen LogP contribution in [0.5, 0.6) is 5.75 Å². The van der Waals surface area contributed by atoms with Gasteiger partial charge < -0.3 is 15.8 Å². The highest BCUT2D eigenvalue weighted by atomic mass is 32.2. The molecule has 0 bridgehead atoms. The van der Waals surface area contributed by atoms with Crippen LogP contribution in [0.15, 0.2) is 59.5 Å². The minimum absolute atomic E-state index is 0.222. The molecule has 2 aromatic rings. The topological polar surface area (TPSA) is 81.4 Å². The third-order valence-corrected chi connectivity index (χ3v) is 4.22. The molecule has 0 heterocycles. The number of amides is 2. The predicted octanol–water partition coefficient (Wildman–Crippen LogP) is 2.46. The Morgan fingerprint density at radius 2 is 1.75 bits per heavy atom. The molecule has 0 aliphatic carbocycles. The van der Waals surface area contributed by atoms with Crippen LogP contribution in [0, 0.1) is 0 Å². The number of ether oxygens (including phenoxy) is 1. The van der Waals surface area contributed by atoms with Crippen molar-refractivity contribution in [3.63, 3.8) is 0 Å². The molecule has 0 unspecified atom stereocenters. The first-order chi connectivity index (χ1) is 11.7. The summed E-state index contributed by atoms with van der Waals surface area (Å²) in [5, 5.41) is 2.86. The molecule has 0 saturated carbocycles. The number of carbonyl (C=O) groups excluding carboxylic acids is 2. The van der Waals surface area contributed by atoms with E-state index in [-0.39, 0.29) is 12.5 Å². The number of nitrogens with one attached hydrogen (secondary N) is 1. The van der Waals surface area contributed by atoms with Gasteiger partial charge in [-0.1, -0.05) is 30.3 Å². The maximum absolute atomic E-state index is 12.2. The lowest BCUT2D eigenvalue weighted by Gasteiger charge is -2.10. The van der Waals surface area contributed by atoms with Gasteiger partial charge in [-0.2, -0.15) is 0 Å². The van der Waals surface area contributed by atoms with Crippen molar-refractivity contribution >= 4 is 23.6 Å². The van der Waals surface area contributed by atoms with Gasteiger partial charge in [-0.15, -0.1) is 11.8 Å². The van der Waals surface area contributed by atoms with E-state index in [0.717, 1.165) is 12.2 Å². The quantitative estimate of drug-likeness (QED) is 0.541. The van der Waals surface area contributed by atoms with Gasteiger partial charge in [0.25, 0.3) is 11.8 Å². The molecule has 0 fully saturated rings. The summed E-state index contributed by atoms with van der Waals surface area (Å²) in [4.78, 5) is 24.3. The Morgan fingerprint density at radius 1 is 1.04 bits per heavy atom. The SMILES string of the molecule is NC(=O)COc1ccccc1C(=O)NCCCSc1ccccc1. The van der Waals surface area contributed by atoms with Crippen LogP contribution < -0.4 is 15.8 Å². The number of benzene rings is 2. The number of rotatable bonds is 9. The van der Waals surface area contributed by atoms with Gasteiger partial charge in [0.1, 0.15) is 5.75 Å². The van der Waals surface area contributed by atoms with Crippen LogP contribution in [0.4, 0.5) is 0 Å². The van der Waals surface area contributed by atoms with Crippen molar-refractivity contribution < 1.29 is 14.3 Å². The molecule has 0 aliphatic rings. The molecule has 0 radical (unpaired) electrons. The molecular weight excluding hydrogens is 324 g/mol. The first-order valence-corrected chi connectivity index (χ1v) is 8.61. The van der Waals surface area contributed by atoms with E-state index in [2.05, 4.69) is 17.4 Å². The lowest BCUT2D eigenvalue weighted by Crippen LogP contribution is -2.26. The summed E-state index contributed by atoms with van der Waals surface area (Å²) in [5.41, 5.74) is 5.46. The molecule has 126 valence electrons. The van der Waals surface area contributed by atoms with Crippen LogP contribution in [0.3, 0.4) is 0 Å². The summed E-state index contributed by atoms with van der Waals surface area (Å²) in [7, 11) is 0. The summed E-state index contributed by atoms with van der Waals surface area (Å²) in [6.07, 6.45) is 0.857. The first kappa shape index (κ1) is 17.9. The average molecular weight is 344 g/mol. The van der Waals surface area contributed by atoms with Crippen LogP contribution in [-0.4, -0.2) is 30.7 Å². The van der Waals surface area contributed by atoms with Crippen LogP contribution in [0.25, 0.3) is 0 Å². The Labute approximate surface area is 145 Å². The monoisotopic (exact) mass is 344 g/mol. The second kappa shape index (κ2) is 9.62. The lowest BCUT2D eigenvalue weighted by atomic mass is 10.2. The second-order valence-electron chi connectivity index (χ2n) is 5.02. The maximum Gasteiger partial charge on any atom is 0.255 e. The van der Waals surface area contributed by atoms with E-state index in [9.17, 15) is 9.59 Å². The normalized spacial score (nSPS) is 10.2. The van der Waals surface area contributed by atoms with Crippen LogP contribution in [0.1, 0.15) is 16.8 Å². The van der Waals surface area contributed by atoms with Gasteiger partial charge in [-0.05, 0) is 36.4 Å². The van der Waals surface area contributed by atoms with E-state index in [1.165, 1.54) is 4.90 Å². The molecule has 0 atom stereocenters. The smallest absolute Gasteiger partial charge is 0.255 e. The largest absolute Gasteiger partial charge is 0.483 e. The molecule has 2 rings (SSSR count). The van der Waals surface area contributed by atoms with Gasteiger partial charge in [-0.3, -0.25) is 9.59 Å². The zero-order valence-electron chi connectivity index (χ0n) is 13.2. The number of hydrogen-bond acceptors (Lipinski definition) is 4. The molecule has 3 N–H and O–H groups in total. The van der Waals surface area contributed by atoms with Crippen molar-refractivity contribution in [3.8, 4) is 5.75 Å². The Kier molecular flexibility index (Phi) is 7.17.